The Balaban J connectivity index is 2.37. The first kappa shape index (κ1) is 9.73. The SMILES string of the molecule is FC(F)(F)NC(=S)[C@@H]1CCCN1. The summed E-state index contributed by atoms with van der Waals surface area (Å²) < 4.78 is 35.2. The fourth-order valence-electron chi connectivity index (χ4n) is 1.14. The molecule has 0 saturated carbocycles. The van der Waals surface area contributed by atoms with Gasteiger partial charge in [-0.05, 0) is 19.4 Å². The molecule has 0 bridgehead atoms. The lowest BCUT2D eigenvalue weighted by Crippen LogP contribution is -2.45. The summed E-state index contributed by atoms with van der Waals surface area (Å²) in [7, 11) is 0. The van der Waals surface area contributed by atoms with E-state index in [1.165, 1.54) is 5.32 Å². The van der Waals surface area contributed by atoms with Gasteiger partial charge in [0, 0.05) is 0 Å². The van der Waals surface area contributed by atoms with Crippen LogP contribution in [0.25, 0.3) is 0 Å². The second-order valence-electron chi connectivity index (χ2n) is 2.64. The predicted octanol–water partition coefficient (Wildman–Crippen LogP) is 1.18. The Morgan fingerprint density at radius 1 is 1.50 bits per heavy atom. The van der Waals surface area contributed by atoms with Gasteiger partial charge in [-0.15, -0.1) is 0 Å². The van der Waals surface area contributed by atoms with E-state index in [2.05, 4.69) is 17.5 Å². The lowest BCUT2D eigenvalue weighted by Gasteiger charge is -2.15. The molecular weight excluding hydrogens is 189 g/mol. The van der Waals surface area contributed by atoms with Gasteiger partial charge in [-0.3, -0.25) is 5.32 Å². The van der Waals surface area contributed by atoms with Crippen LogP contribution in [-0.4, -0.2) is 23.9 Å². The topological polar surface area (TPSA) is 24.1 Å². The highest BCUT2D eigenvalue weighted by Gasteiger charge is 2.31. The molecule has 0 unspecified atom stereocenters. The summed E-state index contributed by atoms with van der Waals surface area (Å²) in [5.41, 5.74) is 0. The molecule has 1 atom stereocenters. The summed E-state index contributed by atoms with van der Waals surface area (Å²) >= 11 is 4.57. The van der Waals surface area contributed by atoms with Gasteiger partial charge in [0.25, 0.3) is 0 Å². The summed E-state index contributed by atoms with van der Waals surface area (Å²) in [5.74, 6) is 0. The molecule has 1 fully saturated rings. The number of hydrogen-bond acceptors (Lipinski definition) is 2. The van der Waals surface area contributed by atoms with E-state index in [9.17, 15) is 13.2 Å². The maximum absolute atomic E-state index is 11.7. The van der Waals surface area contributed by atoms with Crippen LogP contribution in [0.1, 0.15) is 12.8 Å². The number of halogens is 3. The molecule has 0 radical (unpaired) electrons. The van der Waals surface area contributed by atoms with Crippen molar-refractivity contribution in [2.24, 2.45) is 0 Å². The van der Waals surface area contributed by atoms with E-state index in [0.29, 0.717) is 6.42 Å². The van der Waals surface area contributed by atoms with Crippen molar-refractivity contribution in [2.75, 3.05) is 6.54 Å². The molecule has 1 rings (SSSR count). The van der Waals surface area contributed by atoms with Crippen LogP contribution >= 0.6 is 12.2 Å². The quantitative estimate of drug-likeness (QED) is 0.488. The van der Waals surface area contributed by atoms with E-state index in [1.54, 1.807) is 0 Å². The first-order chi connectivity index (χ1) is 5.49. The maximum atomic E-state index is 11.7. The monoisotopic (exact) mass is 198 g/mol. The molecule has 70 valence electrons. The number of nitrogens with one attached hydrogen (secondary N) is 2. The molecule has 1 aliphatic rings. The van der Waals surface area contributed by atoms with Crippen LogP contribution < -0.4 is 10.6 Å². The number of rotatable bonds is 1. The van der Waals surface area contributed by atoms with Crippen LogP contribution in [0.4, 0.5) is 13.2 Å². The van der Waals surface area contributed by atoms with Crippen molar-refractivity contribution in [1.29, 1.82) is 0 Å². The zero-order valence-corrected chi connectivity index (χ0v) is 7.06. The summed E-state index contributed by atoms with van der Waals surface area (Å²) in [6, 6.07) is -0.304. The van der Waals surface area contributed by atoms with Crippen molar-refractivity contribution in [3.63, 3.8) is 0 Å². The summed E-state index contributed by atoms with van der Waals surface area (Å²) in [6.07, 6.45) is -2.84. The van der Waals surface area contributed by atoms with Gasteiger partial charge in [0.05, 0.1) is 11.0 Å². The van der Waals surface area contributed by atoms with Crippen LogP contribution in [0.2, 0.25) is 0 Å². The Morgan fingerprint density at radius 3 is 2.58 bits per heavy atom. The highest BCUT2D eigenvalue weighted by Crippen LogP contribution is 2.13. The van der Waals surface area contributed by atoms with Crippen LogP contribution in [0, 0.1) is 0 Å². The van der Waals surface area contributed by atoms with E-state index in [1.807, 2.05) is 0 Å². The van der Waals surface area contributed by atoms with Gasteiger partial charge in [-0.2, -0.15) is 13.2 Å². The van der Waals surface area contributed by atoms with Crippen molar-refractivity contribution < 1.29 is 13.2 Å². The molecule has 6 heteroatoms. The molecule has 2 N–H and O–H groups in total. The largest absolute Gasteiger partial charge is 0.482 e. The molecule has 1 aliphatic heterocycles. The molecule has 0 aromatic rings. The molecule has 1 saturated heterocycles. The summed E-state index contributed by atoms with van der Waals surface area (Å²) in [4.78, 5) is -0.153. The average molecular weight is 198 g/mol. The van der Waals surface area contributed by atoms with E-state index in [-0.39, 0.29) is 11.0 Å². The first-order valence-electron chi connectivity index (χ1n) is 3.61. The van der Waals surface area contributed by atoms with Gasteiger partial charge >= 0.3 is 6.30 Å². The molecular formula is C6H9F3N2S. The molecule has 12 heavy (non-hydrogen) atoms. The Hall–Kier alpha value is -0.360. The van der Waals surface area contributed by atoms with Gasteiger partial charge in [0.1, 0.15) is 0 Å². The zero-order chi connectivity index (χ0) is 9.19. The maximum Gasteiger partial charge on any atom is 0.482 e. The fourth-order valence-corrected chi connectivity index (χ4v) is 1.45. The second-order valence-corrected chi connectivity index (χ2v) is 3.08. The zero-order valence-electron chi connectivity index (χ0n) is 6.24. The Kier molecular flexibility index (Phi) is 2.89. The minimum Gasteiger partial charge on any atom is -0.308 e. The van der Waals surface area contributed by atoms with Crippen LogP contribution in [0.3, 0.4) is 0 Å². The Morgan fingerprint density at radius 2 is 2.17 bits per heavy atom. The van der Waals surface area contributed by atoms with Crippen molar-refractivity contribution >= 4 is 17.2 Å². The summed E-state index contributed by atoms with van der Waals surface area (Å²) in [5, 5.41) is 4.21. The number of alkyl halides is 3. The third kappa shape index (κ3) is 2.94. The molecule has 0 aromatic heterocycles. The van der Waals surface area contributed by atoms with Crippen molar-refractivity contribution in [2.45, 2.75) is 25.2 Å². The van der Waals surface area contributed by atoms with Crippen molar-refractivity contribution in [1.82, 2.24) is 10.6 Å². The van der Waals surface area contributed by atoms with Gasteiger partial charge in [-0.1, -0.05) is 12.2 Å². The molecule has 0 spiro atoms. The third-order valence-corrected chi connectivity index (χ3v) is 2.03. The second kappa shape index (κ2) is 3.57. The van der Waals surface area contributed by atoms with Crippen LogP contribution in [0.5, 0.6) is 0 Å². The first-order valence-corrected chi connectivity index (χ1v) is 4.02. The standard InChI is InChI=1S/C6H9F3N2S/c7-6(8,9)11-5(12)4-2-1-3-10-4/h4,10H,1-3H2,(H,11,12)/t4-/m0/s1. The van der Waals surface area contributed by atoms with Gasteiger partial charge in [0.15, 0.2) is 0 Å². The Labute approximate surface area is 73.5 Å². The van der Waals surface area contributed by atoms with E-state index in [4.69, 9.17) is 0 Å². The fraction of sp³-hybridized carbons (Fsp3) is 0.833. The molecule has 0 amide bonds. The molecule has 0 aromatic carbocycles. The van der Waals surface area contributed by atoms with Gasteiger partial charge < -0.3 is 5.32 Å². The normalized spacial score (nSPS) is 24.1. The number of hydrogen-bond donors (Lipinski definition) is 2. The van der Waals surface area contributed by atoms with Crippen molar-refractivity contribution in [3.8, 4) is 0 Å². The highest BCUT2D eigenvalue weighted by atomic mass is 32.1. The smallest absolute Gasteiger partial charge is 0.308 e. The third-order valence-electron chi connectivity index (χ3n) is 1.64. The average Bonchev–Trinajstić information content (AvgIpc) is 2.32. The minimum atomic E-state index is -4.40. The Bertz CT molecular complexity index is 174. The lowest BCUT2D eigenvalue weighted by atomic mass is 10.2. The van der Waals surface area contributed by atoms with E-state index < -0.39 is 6.30 Å². The minimum absolute atomic E-state index is 0.153. The van der Waals surface area contributed by atoms with Crippen LogP contribution in [-0.2, 0) is 0 Å². The van der Waals surface area contributed by atoms with Gasteiger partial charge in [-0.25, -0.2) is 0 Å². The van der Waals surface area contributed by atoms with Crippen molar-refractivity contribution in [3.05, 3.63) is 0 Å². The van der Waals surface area contributed by atoms with E-state index in [0.717, 1.165) is 13.0 Å². The van der Waals surface area contributed by atoms with Crippen LogP contribution in [0.15, 0.2) is 0 Å². The molecule has 2 nitrogen and oxygen atoms in total. The van der Waals surface area contributed by atoms with Gasteiger partial charge in [0.2, 0.25) is 0 Å². The predicted molar refractivity (Wildman–Crippen MR) is 42.8 cm³/mol. The number of thiocarbonyl (C=S) groups is 1. The molecule has 1 heterocycles. The summed E-state index contributed by atoms with van der Waals surface area (Å²) in [6.45, 7) is 0.740. The molecule has 0 aliphatic carbocycles. The highest BCUT2D eigenvalue weighted by molar-refractivity contribution is 7.80. The lowest BCUT2D eigenvalue weighted by molar-refractivity contribution is -0.141. The van der Waals surface area contributed by atoms with E-state index >= 15 is 0 Å².